The summed E-state index contributed by atoms with van der Waals surface area (Å²) in [7, 11) is 0. The zero-order chi connectivity index (χ0) is 22.2. The zero-order valence-electron chi connectivity index (χ0n) is 22.2. The van der Waals surface area contributed by atoms with Gasteiger partial charge in [-0.2, -0.15) is 0 Å². The van der Waals surface area contributed by atoms with Crippen LogP contribution in [-0.2, 0) is 0 Å². The van der Waals surface area contributed by atoms with Gasteiger partial charge in [-0.15, -0.1) is 0 Å². The van der Waals surface area contributed by atoms with Crippen LogP contribution in [0.15, 0.2) is 0 Å². The molecule has 0 amide bonds. The fraction of sp³-hybridized carbons (Fsp3) is 1.00. The molecule has 162 valence electrons. The van der Waals surface area contributed by atoms with E-state index in [9.17, 15) is 0 Å². The van der Waals surface area contributed by atoms with Crippen LogP contribution in [0.25, 0.3) is 0 Å². The first-order valence-corrected chi connectivity index (χ1v) is 11.6. The number of hydrogen-bond donors (Lipinski definition) is 0. The van der Waals surface area contributed by atoms with Gasteiger partial charge in [0.2, 0.25) is 0 Å². The van der Waals surface area contributed by atoms with Crippen molar-refractivity contribution in [2.45, 2.75) is 163 Å². The molecule has 0 saturated heterocycles. The lowest BCUT2D eigenvalue weighted by atomic mass is 10.4. The van der Waals surface area contributed by atoms with Crippen LogP contribution >= 0.6 is 0 Å². The molecule has 0 heterocycles. The summed E-state index contributed by atoms with van der Waals surface area (Å²) < 4.78 is 0. The monoisotopic (exact) mass is 355 g/mol. The summed E-state index contributed by atoms with van der Waals surface area (Å²) in [5.74, 6) is 0. The molecule has 0 heteroatoms. The topological polar surface area (TPSA) is 0 Å². The molecule has 0 aliphatic carbocycles. The van der Waals surface area contributed by atoms with Crippen molar-refractivity contribution < 1.29 is 0 Å². The summed E-state index contributed by atoms with van der Waals surface area (Å²) >= 11 is 0. The summed E-state index contributed by atoms with van der Waals surface area (Å²) in [5.41, 5.74) is 0. The molecule has 0 aromatic heterocycles. The summed E-state index contributed by atoms with van der Waals surface area (Å²) in [6, 6.07) is 0. The molecular formula is C24H66. The molecule has 0 aliphatic heterocycles. The molecule has 0 radical (unpaired) electrons. The minimum absolute atomic E-state index is 1.25. The lowest BCUT2D eigenvalue weighted by molar-refractivity contribution is 0.886. The van der Waals surface area contributed by atoms with Crippen molar-refractivity contribution in [1.82, 2.24) is 0 Å². The van der Waals surface area contributed by atoms with Crippen molar-refractivity contribution >= 4 is 0 Å². The van der Waals surface area contributed by atoms with Gasteiger partial charge in [0.1, 0.15) is 0 Å². The van der Waals surface area contributed by atoms with Crippen LogP contribution in [0.1, 0.15) is 163 Å². The van der Waals surface area contributed by atoms with E-state index in [0.29, 0.717) is 0 Å². The Morgan fingerprint density at radius 1 is 0.250 bits per heavy atom. The number of unbranched alkanes of at least 4 members (excludes halogenated alkanes) is 1. The lowest BCUT2D eigenvalue weighted by Crippen LogP contribution is -1.47. The van der Waals surface area contributed by atoms with E-state index in [-0.39, 0.29) is 0 Å². The third-order valence-corrected chi connectivity index (χ3v) is 0.500. The fourth-order valence-electron chi connectivity index (χ4n) is 0. The van der Waals surface area contributed by atoms with Crippen LogP contribution in [-0.4, -0.2) is 0 Å². The molecule has 0 aromatic carbocycles. The minimum Gasteiger partial charge on any atom is -0.0683 e. The molecule has 0 rings (SSSR count). The Hall–Kier alpha value is 0. The van der Waals surface area contributed by atoms with Crippen molar-refractivity contribution in [2.24, 2.45) is 0 Å². The molecule has 0 unspecified atom stereocenters. The number of rotatable bonds is 1. The average molecular weight is 355 g/mol. The highest BCUT2D eigenvalue weighted by Gasteiger charge is 1.56. The van der Waals surface area contributed by atoms with E-state index in [4.69, 9.17) is 0 Å². The normalized spacial score (nSPS) is 5.25. The minimum atomic E-state index is 1.25. The average Bonchev–Trinajstić information content (AvgIpc) is 2.64. The van der Waals surface area contributed by atoms with Crippen molar-refractivity contribution in [3.63, 3.8) is 0 Å². The van der Waals surface area contributed by atoms with Crippen molar-refractivity contribution in [3.8, 4) is 0 Å². The van der Waals surface area contributed by atoms with E-state index in [1.165, 1.54) is 38.5 Å². The quantitative estimate of drug-likeness (QED) is 0.439. The van der Waals surface area contributed by atoms with E-state index in [1.54, 1.807) is 0 Å². The van der Waals surface area contributed by atoms with Crippen LogP contribution < -0.4 is 0 Å². The SMILES string of the molecule is CC.CC.CC.CC.CCC.CCC.CCC.CCC.CCCC. The van der Waals surface area contributed by atoms with Gasteiger partial charge < -0.3 is 0 Å². The molecule has 0 fully saturated rings. The Balaban J connectivity index is -0.0000000153. The van der Waals surface area contributed by atoms with Gasteiger partial charge in [0.15, 0.2) is 0 Å². The summed E-state index contributed by atoms with van der Waals surface area (Å²) in [6.07, 6.45) is 7.64. The summed E-state index contributed by atoms with van der Waals surface area (Å²) in [4.78, 5) is 0. The zero-order valence-corrected chi connectivity index (χ0v) is 22.2. The maximum absolute atomic E-state index is 2.18. The van der Waals surface area contributed by atoms with Crippen LogP contribution in [0.4, 0.5) is 0 Å². The van der Waals surface area contributed by atoms with Crippen molar-refractivity contribution in [1.29, 1.82) is 0 Å². The van der Waals surface area contributed by atoms with E-state index >= 15 is 0 Å². The second-order valence-corrected chi connectivity index (χ2v) is 3.83. The predicted molar refractivity (Wildman–Crippen MR) is 130 cm³/mol. The molecule has 0 N–H and O–H groups in total. The van der Waals surface area contributed by atoms with E-state index in [2.05, 4.69) is 69.2 Å². The van der Waals surface area contributed by atoms with Crippen molar-refractivity contribution in [3.05, 3.63) is 0 Å². The van der Waals surface area contributed by atoms with Gasteiger partial charge in [-0.25, -0.2) is 0 Å². The molecule has 0 aliphatic rings. The summed E-state index contributed by atoms with van der Waals surface area (Å²) in [5, 5.41) is 0. The first kappa shape index (κ1) is 56.4. The third-order valence-electron chi connectivity index (χ3n) is 0.500. The molecular weight excluding hydrogens is 288 g/mol. The maximum Gasteiger partial charge on any atom is -0.0564 e. The lowest BCUT2D eigenvalue weighted by Gasteiger charge is -1.68. The third kappa shape index (κ3) is 9700. The first-order valence-electron chi connectivity index (χ1n) is 11.6. The second kappa shape index (κ2) is 309. The standard InChI is InChI=1S/C4H10.4C3H8.4C2H6/c1-3-4-2;4*1-3-2;4*1-2/h3-4H2,1-2H3;4*3H2,1-2H3;4*1-2H3. The smallest absolute Gasteiger partial charge is 0.0564 e. The number of hydrogen-bond acceptors (Lipinski definition) is 0. The Kier molecular flexibility index (Phi) is 727. The highest BCUT2D eigenvalue weighted by Crippen LogP contribution is 1.76. The molecule has 0 aromatic rings. The molecule has 0 bridgehead atoms. The molecule has 0 atom stereocenters. The highest BCUT2D eigenvalue weighted by atomic mass is 13.6. The Bertz CT molecular complexity index is 21.0. The molecule has 0 spiro atoms. The van der Waals surface area contributed by atoms with E-state index < -0.39 is 0 Å². The van der Waals surface area contributed by atoms with Crippen LogP contribution in [0, 0.1) is 0 Å². The van der Waals surface area contributed by atoms with E-state index in [1.807, 2.05) is 55.4 Å². The van der Waals surface area contributed by atoms with Crippen LogP contribution in [0.2, 0.25) is 0 Å². The van der Waals surface area contributed by atoms with Gasteiger partial charge in [-0.3, -0.25) is 0 Å². The molecule has 0 nitrogen and oxygen atoms in total. The van der Waals surface area contributed by atoms with Crippen LogP contribution in [0.3, 0.4) is 0 Å². The summed E-state index contributed by atoms with van der Waals surface area (Å²) in [6.45, 7) is 37.4. The van der Waals surface area contributed by atoms with Gasteiger partial charge in [0.25, 0.3) is 0 Å². The van der Waals surface area contributed by atoms with Crippen molar-refractivity contribution in [2.75, 3.05) is 0 Å². The van der Waals surface area contributed by atoms with Gasteiger partial charge in [-0.05, 0) is 0 Å². The van der Waals surface area contributed by atoms with E-state index in [0.717, 1.165) is 0 Å². The molecule has 24 heavy (non-hydrogen) atoms. The molecule has 0 saturated carbocycles. The Labute approximate surface area is 163 Å². The maximum atomic E-state index is 2.18. The highest BCUT2D eigenvalue weighted by molar-refractivity contribution is 4.12. The Morgan fingerprint density at radius 3 is 0.292 bits per heavy atom. The predicted octanol–water partition coefficient (Wildman–Crippen LogP) is 11.6. The van der Waals surface area contributed by atoms with Gasteiger partial charge in [0.05, 0.1) is 0 Å². The van der Waals surface area contributed by atoms with Crippen LogP contribution in [0.5, 0.6) is 0 Å². The van der Waals surface area contributed by atoms with Gasteiger partial charge in [0, 0.05) is 0 Å². The van der Waals surface area contributed by atoms with Gasteiger partial charge >= 0.3 is 0 Å². The first-order chi connectivity index (χ1) is 11.6. The largest absolute Gasteiger partial charge is 0.0683 e. The Morgan fingerprint density at radius 2 is 0.292 bits per heavy atom. The van der Waals surface area contributed by atoms with Gasteiger partial charge in [-0.1, -0.05) is 163 Å². The fourth-order valence-corrected chi connectivity index (χ4v) is 0. The second-order valence-electron chi connectivity index (χ2n) is 3.83.